The van der Waals surface area contributed by atoms with Crippen molar-refractivity contribution < 1.29 is 5.11 Å². The third kappa shape index (κ3) is 2.47. The molecule has 0 aromatic carbocycles. The molecule has 0 amide bonds. The second kappa shape index (κ2) is 3.81. The van der Waals surface area contributed by atoms with E-state index in [9.17, 15) is 5.11 Å². The molecule has 1 atom stereocenters. The minimum absolute atomic E-state index is 0.484. The van der Waals surface area contributed by atoms with Crippen molar-refractivity contribution in [3.63, 3.8) is 0 Å². The van der Waals surface area contributed by atoms with Crippen LogP contribution in [0.5, 0.6) is 0 Å². The number of hydrogen-bond acceptors (Lipinski definition) is 4. The zero-order valence-corrected chi connectivity index (χ0v) is 7.35. The standard InChI is InChI=1S/C9H13N3O/c13-9(5-12-8-1-2-8)7-3-10-6-11-4-7/h3-4,6,8-9,12-13H,1-2,5H2. The van der Waals surface area contributed by atoms with E-state index in [0.29, 0.717) is 12.6 Å². The van der Waals surface area contributed by atoms with Gasteiger partial charge in [0.2, 0.25) is 0 Å². The van der Waals surface area contributed by atoms with Gasteiger partial charge in [-0.15, -0.1) is 0 Å². The van der Waals surface area contributed by atoms with Crippen LogP contribution in [-0.2, 0) is 0 Å². The van der Waals surface area contributed by atoms with E-state index in [4.69, 9.17) is 0 Å². The van der Waals surface area contributed by atoms with Crippen LogP contribution in [0.15, 0.2) is 18.7 Å². The van der Waals surface area contributed by atoms with E-state index in [1.807, 2.05) is 0 Å². The molecule has 1 unspecified atom stereocenters. The Morgan fingerprint density at radius 3 is 2.77 bits per heavy atom. The van der Waals surface area contributed by atoms with Crippen molar-refractivity contribution in [2.75, 3.05) is 6.54 Å². The van der Waals surface area contributed by atoms with Crippen LogP contribution in [0.1, 0.15) is 24.5 Å². The summed E-state index contributed by atoms with van der Waals surface area (Å²) in [4.78, 5) is 7.70. The summed E-state index contributed by atoms with van der Waals surface area (Å²) in [5.74, 6) is 0. The maximum Gasteiger partial charge on any atom is 0.115 e. The summed E-state index contributed by atoms with van der Waals surface area (Å²) in [6, 6.07) is 0.624. The zero-order chi connectivity index (χ0) is 9.10. The predicted octanol–water partition coefficient (Wildman–Crippen LogP) is 0.262. The largest absolute Gasteiger partial charge is 0.387 e. The first kappa shape index (κ1) is 8.59. The first-order chi connectivity index (χ1) is 6.36. The first-order valence-corrected chi connectivity index (χ1v) is 4.52. The maximum absolute atomic E-state index is 9.65. The van der Waals surface area contributed by atoms with E-state index in [-0.39, 0.29) is 0 Å². The highest BCUT2D eigenvalue weighted by Gasteiger charge is 2.21. The van der Waals surface area contributed by atoms with Gasteiger partial charge in [-0.05, 0) is 12.8 Å². The normalized spacial score (nSPS) is 18.5. The second-order valence-electron chi connectivity index (χ2n) is 3.37. The molecular formula is C9H13N3O. The Balaban J connectivity index is 1.85. The smallest absolute Gasteiger partial charge is 0.115 e. The van der Waals surface area contributed by atoms with Crippen molar-refractivity contribution in [2.24, 2.45) is 0 Å². The number of rotatable bonds is 4. The second-order valence-corrected chi connectivity index (χ2v) is 3.37. The molecular weight excluding hydrogens is 166 g/mol. The zero-order valence-electron chi connectivity index (χ0n) is 7.35. The molecule has 1 aliphatic carbocycles. The molecule has 1 aromatic heterocycles. The highest BCUT2D eigenvalue weighted by Crippen LogP contribution is 2.19. The average molecular weight is 179 g/mol. The molecule has 0 bridgehead atoms. The number of nitrogens with one attached hydrogen (secondary N) is 1. The van der Waals surface area contributed by atoms with Gasteiger partial charge < -0.3 is 10.4 Å². The molecule has 1 fully saturated rings. The molecule has 0 spiro atoms. The van der Waals surface area contributed by atoms with Crippen molar-refractivity contribution in [2.45, 2.75) is 25.0 Å². The van der Waals surface area contributed by atoms with Gasteiger partial charge in [0.25, 0.3) is 0 Å². The van der Waals surface area contributed by atoms with Crippen LogP contribution in [0.3, 0.4) is 0 Å². The third-order valence-corrected chi connectivity index (χ3v) is 2.14. The lowest BCUT2D eigenvalue weighted by Gasteiger charge is -2.10. The Labute approximate surface area is 77.0 Å². The molecule has 4 nitrogen and oxygen atoms in total. The lowest BCUT2D eigenvalue weighted by molar-refractivity contribution is 0.173. The monoisotopic (exact) mass is 179 g/mol. The van der Waals surface area contributed by atoms with Gasteiger partial charge in [0.05, 0.1) is 6.10 Å². The van der Waals surface area contributed by atoms with Gasteiger partial charge in [-0.1, -0.05) is 0 Å². The van der Waals surface area contributed by atoms with Gasteiger partial charge in [0.1, 0.15) is 6.33 Å². The molecule has 1 saturated carbocycles. The number of aromatic nitrogens is 2. The summed E-state index contributed by atoms with van der Waals surface area (Å²) >= 11 is 0. The highest BCUT2D eigenvalue weighted by molar-refractivity contribution is 5.07. The van der Waals surface area contributed by atoms with E-state index < -0.39 is 6.10 Å². The molecule has 13 heavy (non-hydrogen) atoms. The van der Waals surface area contributed by atoms with Gasteiger partial charge in [0.15, 0.2) is 0 Å². The van der Waals surface area contributed by atoms with Crippen LogP contribution in [0, 0.1) is 0 Å². The van der Waals surface area contributed by atoms with Crippen LogP contribution in [0.4, 0.5) is 0 Å². The molecule has 0 radical (unpaired) electrons. The van der Waals surface area contributed by atoms with Crippen molar-refractivity contribution in [1.82, 2.24) is 15.3 Å². The molecule has 2 rings (SSSR count). The van der Waals surface area contributed by atoms with Crippen LogP contribution < -0.4 is 5.32 Å². The van der Waals surface area contributed by atoms with E-state index in [1.165, 1.54) is 19.2 Å². The Morgan fingerprint density at radius 2 is 2.15 bits per heavy atom. The minimum Gasteiger partial charge on any atom is -0.387 e. The first-order valence-electron chi connectivity index (χ1n) is 4.52. The van der Waals surface area contributed by atoms with Crippen LogP contribution >= 0.6 is 0 Å². The fourth-order valence-electron chi connectivity index (χ4n) is 1.17. The SMILES string of the molecule is OC(CNC1CC1)c1cncnc1. The topological polar surface area (TPSA) is 58.0 Å². The number of nitrogens with zero attached hydrogens (tertiary/aromatic N) is 2. The quantitative estimate of drug-likeness (QED) is 0.696. The molecule has 1 heterocycles. The summed E-state index contributed by atoms with van der Waals surface area (Å²) in [6.07, 6.45) is 6.74. The fourth-order valence-corrected chi connectivity index (χ4v) is 1.17. The molecule has 4 heteroatoms. The fraction of sp³-hybridized carbons (Fsp3) is 0.556. The summed E-state index contributed by atoms with van der Waals surface area (Å²) in [6.45, 7) is 0.595. The molecule has 2 N–H and O–H groups in total. The highest BCUT2D eigenvalue weighted by atomic mass is 16.3. The van der Waals surface area contributed by atoms with E-state index in [0.717, 1.165) is 5.56 Å². The lowest BCUT2D eigenvalue weighted by Crippen LogP contribution is -2.23. The van der Waals surface area contributed by atoms with Crippen molar-refractivity contribution >= 4 is 0 Å². The minimum atomic E-state index is -0.484. The van der Waals surface area contributed by atoms with Gasteiger partial charge in [-0.2, -0.15) is 0 Å². The van der Waals surface area contributed by atoms with Crippen LogP contribution in [0.2, 0.25) is 0 Å². The van der Waals surface area contributed by atoms with E-state index in [1.54, 1.807) is 12.4 Å². The maximum atomic E-state index is 9.65. The van der Waals surface area contributed by atoms with Gasteiger partial charge in [-0.3, -0.25) is 0 Å². The molecule has 1 aliphatic rings. The van der Waals surface area contributed by atoms with Gasteiger partial charge >= 0.3 is 0 Å². The molecule has 0 saturated heterocycles. The van der Waals surface area contributed by atoms with E-state index >= 15 is 0 Å². The Hall–Kier alpha value is -1.00. The summed E-state index contributed by atoms with van der Waals surface area (Å²) < 4.78 is 0. The predicted molar refractivity (Wildman–Crippen MR) is 48.0 cm³/mol. The van der Waals surface area contributed by atoms with Crippen LogP contribution in [0.25, 0.3) is 0 Å². The molecule has 1 aromatic rings. The number of aliphatic hydroxyl groups excluding tert-OH is 1. The lowest BCUT2D eigenvalue weighted by atomic mass is 10.2. The van der Waals surface area contributed by atoms with Crippen molar-refractivity contribution in [3.8, 4) is 0 Å². The number of hydrogen-bond donors (Lipinski definition) is 2. The molecule has 0 aliphatic heterocycles. The Morgan fingerprint density at radius 1 is 1.46 bits per heavy atom. The van der Waals surface area contributed by atoms with Crippen molar-refractivity contribution in [1.29, 1.82) is 0 Å². The summed E-state index contributed by atoms with van der Waals surface area (Å²) in [5, 5.41) is 12.9. The summed E-state index contributed by atoms with van der Waals surface area (Å²) in [5.41, 5.74) is 0.774. The molecule has 70 valence electrons. The van der Waals surface area contributed by atoms with Crippen molar-refractivity contribution in [3.05, 3.63) is 24.3 Å². The Bertz CT molecular complexity index is 261. The summed E-state index contributed by atoms with van der Waals surface area (Å²) in [7, 11) is 0. The van der Waals surface area contributed by atoms with Gasteiger partial charge in [-0.25, -0.2) is 9.97 Å². The van der Waals surface area contributed by atoms with Gasteiger partial charge in [0, 0.05) is 30.5 Å². The Kier molecular flexibility index (Phi) is 2.52. The van der Waals surface area contributed by atoms with E-state index in [2.05, 4.69) is 15.3 Å². The third-order valence-electron chi connectivity index (χ3n) is 2.14. The van der Waals surface area contributed by atoms with Crippen LogP contribution in [-0.4, -0.2) is 27.7 Å². The number of aliphatic hydroxyl groups is 1. The average Bonchev–Trinajstić information content (AvgIpc) is 2.99.